The highest BCUT2D eigenvalue weighted by Crippen LogP contribution is 2.39. The number of benzene rings is 1. The first-order valence-electron chi connectivity index (χ1n) is 7.55. The number of anilines is 1. The van der Waals surface area contributed by atoms with E-state index in [4.69, 9.17) is 16.3 Å². The summed E-state index contributed by atoms with van der Waals surface area (Å²) in [5, 5.41) is 0.619. The lowest BCUT2D eigenvalue weighted by molar-refractivity contribution is 0.0822. The van der Waals surface area contributed by atoms with Gasteiger partial charge in [-0.05, 0) is 31.2 Å². The molecule has 1 aliphatic rings. The first kappa shape index (κ1) is 15.7. The number of fused-ring (bicyclic) bond motifs is 1. The van der Waals surface area contributed by atoms with Crippen LogP contribution in [0.3, 0.4) is 0 Å². The number of carbonyl (C=O) groups is 1. The molecule has 122 valence electrons. The number of amides is 1. The molecule has 0 radical (unpaired) electrons. The number of H-pyrrole nitrogens is 1. The van der Waals surface area contributed by atoms with Crippen molar-refractivity contribution in [3.05, 3.63) is 46.7 Å². The monoisotopic (exact) mass is 333 g/mol. The molecule has 1 aliphatic heterocycles. The Hall–Kier alpha value is -2.14. The Kier molecular flexibility index (Phi) is 4.22. The predicted molar refractivity (Wildman–Crippen MR) is 91.4 cm³/mol. The Morgan fingerprint density at radius 2 is 2.17 bits per heavy atom. The molecule has 6 heteroatoms. The van der Waals surface area contributed by atoms with Gasteiger partial charge in [-0.15, -0.1) is 0 Å². The average molecular weight is 334 g/mol. The van der Waals surface area contributed by atoms with Crippen LogP contribution in [0.2, 0.25) is 5.02 Å². The van der Waals surface area contributed by atoms with Gasteiger partial charge in [0.2, 0.25) is 0 Å². The molecule has 5 nitrogen and oxygen atoms in total. The van der Waals surface area contributed by atoms with Gasteiger partial charge in [-0.2, -0.15) is 0 Å². The highest BCUT2D eigenvalue weighted by molar-refractivity contribution is 6.32. The summed E-state index contributed by atoms with van der Waals surface area (Å²) in [5.41, 5.74) is 2.55. The second-order valence-corrected chi connectivity index (χ2v) is 6.40. The van der Waals surface area contributed by atoms with E-state index in [1.165, 1.54) is 0 Å². The van der Waals surface area contributed by atoms with E-state index < -0.39 is 0 Å². The molecule has 0 aliphatic carbocycles. The quantitative estimate of drug-likeness (QED) is 0.938. The maximum Gasteiger partial charge on any atom is 0.269 e. The van der Waals surface area contributed by atoms with E-state index in [1.807, 2.05) is 37.3 Å². The standard InChI is InChI=1S/C17H20ClN3O2/c1-11-9-21(15-6-4-5-13(18)16(15)23-11)10-12-7-8-14(19-12)17(22)20(2)3/h4-8,11,19H,9-10H2,1-3H3. The highest BCUT2D eigenvalue weighted by Gasteiger charge is 2.25. The van der Waals surface area contributed by atoms with Crippen molar-refractivity contribution in [2.45, 2.75) is 19.6 Å². The Balaban J connectivity index is 1.84. The van der Waals surface area contributed by atoms with Gasteiger partial charge >= 0.3 is 0 Å². The molecule has 0 bridgehead atoms. The molecular formula is C17H20ClN3O2. The lowest BCUT2D eigenvalue weighted by atomic mass is 10.2. The molecule has 1 atom stereocenters. The fourth-order valence-electron chi connectivity index (χ4n) is 2.76. The number of nitrogens with one attached hydrogen (secondary N) is 1. The molecular weight excluding hydrogens is 314 g/mol. The number of ether oxygens (including phenoxy) is 1. The third kappa shape index (κ3) is 3.15. The normalized spacial score (nSPS) is 16.7. The van der Waals surface area contributed by atoms with Crippen LogP contribution >= 0.6 is 11.6 Å². The van der Waals surface area contributed by atoms with Crippen LogP contribution in [-0.2, 0) is 6.54 Å². The molecule has 0 spiro atoms. The fraction of sp³-hybridized carbons (Fsp3) is 0.353. The van der Waals surface area contributed by atoms with Crippen LogP contribution in [0, 0.1) is 0 Å². The molecule has 2 aromatic rings. The number of hydrogen-bond donors (Lipinski definition) is 1. The van der Waals surface area contributed by atoms with Gasteiger partial charge in [0.25, 0.3) is 5.91 Å². The van der Waals surface area contributed by atoms with Crippen molar-refractivity contribution in [2.75, 3.05) is 25.5 Å². The molecule has 2 heterocycles. The van der Waals surface area contributed by atoms with Gasteiger partial charge in [0, 0.05) is 19.8 Å². The van der Waals surface area contributed by atoms with Gasteiger partial charge in [0.05, 0.1) is 23.8 Å². The Morgan fingerprint density at radius 1 is 1.39 bits per heavy atom. The average Bonchev–Trinajstić information content (AvgIpc) is 2.96. The molecule has 1 aromatic carbocycles. The number of rotatable bonds is 3. The zero-order valence-corrected chi connectivity index (χ0v) is 14.2. The van der Waals surface area contributed by atoms with Crippen molar-refractivity contribution in [3.63, 3.8) is 0 Å². The van der Waals surface area contributed by atoms with Gasteiger partial charge < -0.3 is 19.5 Å². The van der Waals surface area contributed by atoms with E-state index in [0.29, 0.717) is 17.3 Å². The van der Waals surface area contributed by atoms with Crippen LogP contribution in [0.15, 0.2) is 30.3 Å². The van der Waals surface area contributed by atoms with Crippen LogP contribution in [-0.4, -0.2) is 42.5 Å². The summed E-state index contributed by atoms with van der Waals surface area (Å²) in [6.45, 7) is 3.46. The number of hydrogen-bond acceptors (Lipinski definition) is 3. The SMILES string of the molecule is CC1CN(Cc2ccc(C(=O)N(C)C)[nH]2)c2cccc(Cl)c2O1. The van der Waals surface area contributed by atoms with E-state index in [0.717, 1.165) is 23.7 Å². The van der Waals surface area contributed by atoms with E-state index in [2.05, 4.69) is 9.88 Å². The maximum atomic E-state index is 12.0. The fourth-order valence-corrected chi connectivity index (χ4v) is 2.98. The number of para-hydroxylation sites is 1. The molecule has 1 amide bonds. The second kappa shape index (κ2) is 6.16. The van der Waals surface area contributed by atoms with Gasteiger partial charge in [-0.3, -0.25) is 4.79 Å². The van der Waals surface area contributed by atoms with Crippen molar-refractivity contribution < 1.29 is 9.53 Å². The first-order valence-corrected chi connectivity index (χ1v) is 7.93. The second-order valence-electron chi connectivity index (χ2n) is 5.99. The summed E-state index contributed by atoms with van der Waals surface area (Å²) in [4.78, 5) is 19.0. The smallest absolute Gasteiger partial charge is 0.269 e. The molecule has 1 aromatic heterocycles. The summed E-state index contributed by atoms with van der Waals surface area (Å²) in [5.74, 6) is 0.694. The van der Waals surface area contributed by atoms with Crippen molar-refractivity contribution >= 4 is 23.2 Å². The first-order chi connectivity index (χ1) is 11.0. The van der Waals surface area contributed by atoms with E-state index in [-0.39, 0.29) is 12.0 Å². The van der Waals surface area contributed by atoms with E-state index >= 15 is 0 Å². The molecule has 1 N–H and O–H groups in total. The van der Waals surface area contributed by atoms with Gasteiger partial charge in [0.15, 0.2) is 5.75 Å². The van der Waals surface area contributed by atoms with Gasteiger partial charge in [-0.25, -0.2) is 0 Å². The van der Waals surface area contributed by atoms with Crippen molar-refractivity contribution in [1.82, 2.24) is 9.88 Å². The third-order valence-electron chi connectivity index (χ3n) is 3.83. The van der Waals surface area contributed by atoms with Crippen LogP contribution in [0.4, 0.5) is 5.69 Å². The maximum absolute atomic E-state index is 12.0. The highest BCUT2D eigenvalue weighted by atomic mass is 35.5. The molecule has 0 saturated carbocycles. The number of nitrogens with zero attached hydrogens (tertiary/aromatic N) is 2. The summed E-state index contributed by atoms with van der Waals surface area (Å²) in [7, 11) is 3.48. The largest absolute Gasteiger partial charge is 0.485 e. The summed E-state index contributed by atoms with van der Waals surface area (Å²) in [6, 6.07) is 9.52. The van der Waals surface area contributed by atoms with Crippen LogP contribution in [0.5, 0.6) is 5.75 Å². The van der Waals surface area contributed by atoms with Crippen LogP contribution in [0.1, 0.15) is 23.1 Å². The zero-order chi connectivity index (χ0) is 16.6. The lowest BCUT2D eigenvalue weighted by Gasteiger charge is -2.35. The summed E-state index contributed by atoms with van der Waals surface area (Å²) >= 11 is 6.25. The number of halogens is 1. The number of aromatic amines is 1. The Morgan fingerprint density at radius 3 is 2.91 bits per heavy atom. The van der Waals surface area contributed by atoms with Crippen molar-refractivity contribution in [1.29, 1.82) is 0 Å². The minimum absolute atomic E-state index is 0.0324. The topological polar surface area (TPSA) is 48.6 Å². The molecule has 1 unspecified atom stereocenters. The Labute approximate surface area is 140 Å². The van der Waals surface area contributed by atoms with E-state index in [9.17, 15) is 4.79 Å². The van der Waals surface area contributed by atoms with Crippen molar-refractivity contribution in [3.8, 4) is 5.75 Å². The Bertz CT molecular complexity index is 726. The lowest BCUT2D eigenvalue weighted by Crippen LogP contribution is -2.38. The van der Waals surface area contributed by atoms with Crippen LogP contribution < -0.4 is 9.64 Å². The van der Waals surface area contributed by atoms with Gasteiger partial charge in [0.1, 0.15) is 11.8 Å². The molecule has 0 saturated heterocycles. The molecule has 0 fully saturated rings. The summed E-state index contributed by atoms with van der Waals surface area (Å²) < 4.78 is 5.86. The third-order valence-corrected chi connectivity index (χ3v) is 4.13. The minimum atomic E-state index is -0.0324. The zero-order valence-electron chi connectivity index (χ0n) is 13.5. The number of aromatic nitrogens is 1. The van der Waals surface area contributed by atoms with Crippen LogP contribution in [0.25, 0.3) is 0 Å². The number of carbonyl (C=O) groups excluding carboxylic acids is 1. The van der Waals surface area contributed by atoms with Gasteiger partial charge in [-0.1, -0.05) is 17.7 Å². The van der Waals surface area contributed by atoms with E-state index in [1.54, 1.807) is 19.0 Å². The van der Waals surface area contributed by atoms with Crippen molar-refractivity contribution in [2.24, 2.45) is 0 Å². The molecule has 3 rings (SSSR count). The molecule has 23 heavy (non-hydrogen) atoms. The predicted octanol–water partition coefficient (Wildman–Crippen LogP) is 3.16. The summed E-state index contributed by atoms with van der Waals surface area (Å²) in [6.07, 6.45) is 0.0558. The minimum Gasteiger partial charge on any atom is -0.485 e.